The molecule has 0 saturated heterocycles. The fraction of sp³-hybridized carbons (Fsp3) is 0.182. The Hall–Kier alpha value is -3.32. The summed E-state index contributed by atoms with van der Waals surface area (Å²) in [5, 5.41) is 21.7. The second-order valence-corrected chi connectivity index (χ2v) is 7.56. The fourth-order valence-electron chi connectivity index (χ4n) is 3.34. The lowest BCUT2D eigenvalue weighted by Crippen LogP contribution is -2.26. The third-order valence-electron chi connectivity index (χ3n) is 4.82. The van der Waals surface area contributed by atoms with Crippen molar-refractivity contribution in [3.63, 3.8) is 0 Å². The summed E-state index contributed by atoms with van der Waals surface area (Å²) >= 11 is 1.40. The predicted octanol–water partition coefficient (Wildman–Crippen LogP) is 4.90. The van der Waals surface area contributed by atoms with E-state index in [1.54, 1.807) is 19.1 Å². The highest BCUT2D eigenvalue weighted by Gasteiger charge is 2.31. The van der Waals surface area contributed by atoms with Gasteiger partial charge in [-0.25, -0.2) is 4.98 Å². The predicted molar refractivity (Wildman–Crippen MR) is 116 cm³/mol. The van der Waals surface area contributed by atoms with Crippen LogP contribution in [-0.4, -0.2) is 36.7 Å². The molecular weight excluding hydrogens is 386 g/mol. The molecule has 0 atom stereocenters. The van der Waals surface area contributed by atoms with Crippen molar-refractivity contribution in [1.82, 2.24) is 4.98 Å². The zero-order valence-corrected chi connectivity index (χ0v) is 17.2. The molecule has 0 amide bonds. The monoisotopic (exact) mass is 407 g/mol. The van der Waals surface area contributed by atoms with Crippen molar-refractivity contribution < 1.29 is 14.6 Å². The molecule has 0 bridgehead atoms. The van der Waals surface area contributed by atoms with Crippen LogP contribution < -0.4 is 14.4 Å². The van der Waals surface area contributed by atoms with E-state index in [0.29, 0.717) is 22.1 Å². The Morgan fingerprint density at radius 2 is 1.97 bits per heavy atom. The minimum absolute atomic E-state index is 0.152. The highest BCUT2D eigenvalue weighted by atomic mass is 32.1. The largest absolute Gasteiger partial charge is 0.510 e. The van der Waals surface area contributed by atoms with Crippen molar-refractivity contribution in [2.24, 2.45) is 0 Å². The third kappa shape index (κ3) is 3.45. The van der Waals surface area contributed by atoms with Crippen molar-refractivity contribution in [2.75, 3.05) is 25.7 Å². The van der Waals surface area contributed by atoms with Gasteiger partial charge >= 0.3 is 0 Å². The molecular formula is C22H21N3O3S. The highest BCUT2D eigenvalue weighted by Crippen LogP contribution is 2.37. The molecule has 1 aliphatic rings. The molecule has 4 rings (SSSR count). The number of ether oxygens (including phenoxy) is 2. The van der Waals surface area contributed by atoms with Crippen molar-refractivity contribution in [3.8, 4) is 22.8 Å². The molecule has 1 aromatic heterocycles. The molecule has 0 radical (unpaired) electrons. The standard InChI is InChI=1S/C22H21N3O3S/c1-13-5-4-6-14(9-13)25-11-18(26)20(21(25)23)22-24-17(12-29-22)16-8-7-15(27-2)10-19(16)28-3/h4-10,12,23,26H,11H2,1-3H3. The van der Waals surface area contributed by atoms with Crippen molar-refractivity contribution >= 4 is 28.4 Å². The van der Waals surface area contributed by atoms with Crippen LogP contribution in [0.2, 0.25) is 0 Å². The van der Waals surface area contributed by atoms with Crippen molar-refractivity contribution in [1.29, 1.82) is 5.41 Å². The van der Waals surface area contributed by atoms with Gasteiger partial charge in [0.25, 0.3) is 0 Å². The number of methoxy groups -OCH3 is 2. The number of thiazole rings is 1. The molecule has 148 valence electrons. The summed E-state index contributed by atoms with van der Waals surface area (Å²) in [4.78, 5) is 6.47. The number of aromatic nitrogens is 1. The summed E-state index contributed by atoms with van der Waals surface area (Å²) in [6, 6.07) is 13.4. The Balaban J connectivity index is 1.66. The number of hydrogen-bond donors (Lipinski definition) is 2. The zero-order valence-electron chi connectivity index (χ0n) is 16.4. The Labute approximate surface area is 173 Å². The Kier molecular flexibility index (Phi) is 4.98. The van der Waals surface area contributed by atoms with Gasteiger partial charge in [0.2, 0.25) is 0 Å². The molecule has 0 fully saturated rings. The van der Waals surface area contributed by atoms with E-state index in [1.807, 2.05) is 54.8 Å². The van der Waals surface area contributed by atoms with Crippen molar-refractivity contribution in [3.05, 3.63) is 64.2 Å². The summed E-state index contributed by atoms with van der Waals surface area (Å²) in [7, 11) is 3.21. The van der Waals surface area contributed by atoms with Gasteiger partial charge in [0.15, 0.2) is 0 Å². The van der Waals surface area contributed by atoms with Gasteiger partial charge in [0.05, 0.1) is 32.0 Å². The summed E-state index contributed by atoms with van der Waals surface area (Å²) in [5.41, 5.74) is 4.01. The molecule has 0 aliphatic carbocycles. The number of benzene rings is 2. The van der Waals surface area contributed by atoms with Gasteiger partial charge in [-0.2, -0.15) is 0 Å². The lowest BCUT2D eigenvalue weighted by atomic mass is 10.1. The van der Waals surface area contributed by atoms with Gasteiger partial charge in [0, 0.05) is 22.7 Å². The average Bonchev–Trinajstić information content (AvgIpc) is 3.31. The van der Waals surface area contributed by atoms with Crippen LogP contribution in [0.4, 0.5) is 5.69 Å². The molecule has 2 aromatic carbocycles. The Bertz CT molecular complexity index is 1120. The van der Waals surface area contributed by atoms with E-state index in [0.717, 1.165) is 22.5 Å². The molecule has 6 nitrogen and oxygen atoms in total. The Morgan fingerprint density at radius 3 is 2.69 bits per heavy atom. The second kappa shape index (κ2) is 7.60. The molecule has 3 aromatic rings. The lowest BCUT2D eigenvalue weighted by Gasteiger charge is -2.19. The first-order valence-corrected chi connectivity index (χ1v) is 9.93. The van der Waals surface area contributed by atoms with Gasteiger partial charge < -0.3 is 19.5 Å². The number of hydrogen-bond acceptors (Lipinski definition) is 6. The first-order valence-electron chi connectivity index (χ1n) is 9.05. The molecule has 0 spiro atoms. The van der Waals surface area contributed by atoms with Gasteiger partial charge in [-0.15, -0.1) is 11.3 Å². The van der Waals surface area contributed by atoms with Gasteiger partial charge in [-0.1, -0.05) is 12.1 Å². The van der Waals surface area contributed by atoms with Crippen LogP contribution in [-0.2, 0) is 0 Å². The summed E-state index contributed by atoms with van der Waals surface area (Å²) in [5.74, 6) is 1.75. The summed E-state index contributed by atoms with van der Waals surface area (Å²) < 4.78 is 10.7. The first-order chi connectivity index (χ1) is 14.0. The maximum atomic E-state index is 10.6. The summed E-state index contributed by atoms with van der Waals surface area (Å²) in [6.45, 7) is 2.27. The number of aliphatic hydroxyl groups excluding tert-OH is 1. The number of nitrogens with one attached hydrogen (secondary N) is 1. The van der Waals surface area contributed by atoms with Crippen LogP contribution in [0.25, 0.3) is 16.8 Å². The SMILES string of the molecule is COc1ccc(-c2csc(C3=C(O)CN(c4cccc(C)c4)C3=N)n2)c(OC)c1. The molecule has 0 saturated carbocycles. The van der Waals surface area contributed by atoms with E-state index in [1.165, 1.54) is 11.3 Å². The quantitative estimate of drug-likeness (QED) is 0.629. The lowest BCUT2D eigenvalue weighted by molar-refractivity contribution is 0.395. The van der Waals surface area contributed by atoms with Crippen LogP contribution in [0.5, 0.6) is 11.5 Å². The number of amidine groups is 1. The molecule has 0 unspecified atom stereocenters. The van der Waals surface area contributed by atoms with E-state index in [-0.39, 0.29) is 18.1 Å². The van der Waals surface area contributed by atoms with E-state index in [4.69, 9.17) is 14.9 Å². The van der Waals surface area contributed by atoms with Crippen LogP contribution in [0.15, 0.2) is 53.6 Å². The second-order valence-electron chi connectivity index (χ2n) is 6.70. The third-order valence-corrected chi connectivity index (χ3v) is 5.68. The van der Waals surface area contributed by atoms with E-state index in [9.17, 15) is 5.11 Å². The van der Waals surface area contributed by atoms with E-state index < -0.39 is 0 Å². The molecule has 2 N–H and O–H groups in total. The van der Waals surface area contributed by atoms with Crippen molar-refractivity contribution in [2.45, 2.75) is 6.92 Å². The minimum atomic E-state index is 0.152. The first kappa shape index (κ1) is 19.0. The fourth-order valence-corrected chi connectivity index (χ4v) is 4.23. The maximum absolute atomic E-state index is 10.6. The molecule has 7 heteroatoms. The normalized spacial score (nSPS) is 13.9. The van der Waals surface area contributed by atoms with E-state index in [2.05, 4.69) is 4.98 Å². The van der Waals surface area contributed by atoms with Gasteiger partial charge in [-0.05, 0) is 36.8 Å². The van der Waals surface area contributed by atoms with Gasteiger partial charge in [0.1, 0.15) is 28.1 Å². The number of rotatable bonds is 5. The average molecular weight is 407 g/mol. The minimum Gasteiger partial charge on any atom is -0.510 e. The maximum Gasteiger partial charge on any atom is 0.139 e. The van der Waals surface area contributed by atoms with Crippen LogP contribution in [0.3, 0.4) is 0 Å². The highest BCUT2D eigenvalue weighted by molar-refractivity contribution is 7.11. The topological polar surface area (TPSA) is 78.7 Å². The van der Waals surface area contributed by atoms with E-state index >= 15 is 0 Å². The number of nitrogens with zero attached hydrogens (tertiary/aromatic N) is 2. The molecule has 1 aliphatic heterocycles. The zero-order chi connectivity index (χ0) is 20.5. The van der Waals surface area contributed by atoms with Gasteiger partial charge in [-0.3, -0.25) is 5.41 Å². The smallest absolute Gasteiger partial charge is 0.139 e. The number of aliphatic hydroxyl groups is 1. The number of anilines is 1. The summed E-state index contributed by atoms with van der Waals surface area (Å²) in [6.07, 6.45) is 0. The molecule has 29 heavy (non-hydrogen) atoms. The van der Waals surface area contributed by atoms with Crippen LogP contribution >= 0.6 is 11.3 Å². The van der Waals surface area contributed by atoms with Crippen LogP contribution in [0.1, 0.15) is 10.6 Å². The molecule has 2 heterocycles. The Morgan fingerprint density at radius 1 is 1.14 bits per heavy atom. The number of aryl methyl sites for hydroxylation is 1. The van der Waals surface area contributed by atoms with Crippen LogP contribution in [0, 0.1) is 12.3 Å².